The minimum Gasteiger partial charge on any atom is -0.333 e. The molecule has 0 unspecified atom stereocenters. The van der Waals surface area contributed by atoms with Crippen LogP contribution in [0.15, 0.2) is 57.8 Å². The Hall–Kier alpha value is -2.30. The molecule has 0 spiro atoms. The summed E-state index contributed by atoms with van der Waals surface area (Å²) in [5.41, 5.74) is 1.94. The van der Waals surface area contributed by atoms with Gasteiger partial charge in [-0.15, -0.1) is 4.40 Å². The lowest BCUT2D eigenvalue weighted by Gasteiger charge is -2.17. The van der Waals surface area contributed by atoms with Crippen LogP contribution in [0, 0.1) is 11.3 Å². The van der Waals surface area contributed by atoms with Gasteiger partial charge in [0, 0.05) is 5.75 Å². The Balaban J connectivity index is 1.84. The lowest BCUT2D eigenvalue weighted by Crippen LogP contribution is -2.18. The number of amidine groups is 1. The van der Waals surface area contributed by atoms with Crippen molar-refractivity contribution in [1.29, 1.82) is 5.26 Å². The summed E-state index contributed by atoms with van der Waals surface area (Å²) < 4.78 is 28.0. The molecule has 2 aromatic rings. The zero-order chi connectivity index (χ0) is 15.6. The number of anilines is 1. The molecule has 0 radical (unpaired) electrons. The lowest BCUT2D eigenvalue weighted by molar-refractivity contribution is 0.598. The molecule has 0 aliphatic carbocycles. The fraction of sp³-hybridized carbons (Fsp3) is 0.0667. The van der Waals surface area contributed by atoms with Crippen LogP contribution < -0.4 is 5.32 Å². The number of fused-ring (bicyclic) bond motifs is 1. The molecule has 0 amide bonds. The Bertz CT molecular complexity index is 899. The Labute approximate surface area is 132 Å². The Morgan fingerprint density at radius 2 is 1.86 bits per heavy atom. The first kappa shape index (κ1) is 14.6. The second-order valence-corrected chi connectivity index (χ2v) is 7.09. The number of para-hydroxylation sites is 1. The molecule has 1 aliphatic rings. The van der Waals surface area contributed by atoms with Crippen molar-refractivity contribution in [3.05, 3.63) is 59.7 Å². The summed E-state index contributed by atoms with van der Waals surface area (Å²) in [5.74, 6) is 0.466. The van der Waals surface area contributed by atoms with Crippen LogP contribution in [0.3, 0.4) is 0 Å². The number of hydrogen-bond donors (Lipinski definition) is 1. The molecule has 7 heteroatoms. The van der Waals surface area contributed by atoms with Gasteiger partial charge >= 0.3 is 0 Å². The van der Waals surface area contributed by atoms with Gasteiger partial charge in [-0.25, -0.2) is 0 Å². The van der Waals surface area contributed by atoms with Gasteiger partial charge in [0.15, 0.2) is 5.17 Å². The van der Waals surface area contributed by atoms with Crippen LogP contribution >= 0.6 is 11.8 Å². The molecule has 5 nitrogen and oxygen atoms in total. The highest BCUT2D eigenvalue weighted by molar-refractivity contribution is 8.14. The molecule has 22 heavy (non-hydrogen) atoms. The first-order valence-corrected chi connectivity index (χ1v) is 8.84. The Kier molecular flexibility index (Phi) is 3.88. The normalized spacial score (nSPS) is 15.1. The molecule has 3 rings (SSSR count). The molecule has 0 fully saturated rings. The maximum atomic E-state index is 12.1. The van der Waals surface area contributed by atoms with Crippen LogP contribution in [0.5, 0.6) is 0 Å². The van der Waals surface area contributed by atoms with E-state index in [4.69, 9.17) is 5.26 Å². The van der Waals surface area contributed by atoms with Crippen LogP contribution in [-0.2, 0) is 15.8 Å². The molecule has 2 aromatic carbocycles. The SMILES string of the molecule is N#Cc1ccccc1CSC1=NS(=O)(=O)c2ccccc2N1. The summed E-state index contributed by atoms with van der Waals surface area (Å²) in [7, 11) is -3.67. The van der Waals surface area contributed by atoms with E-state index in [-0.39, 0.29) is 4.90 Å². The molecular weight excluding hydrogens is 318 g/mol. The van der Waals surface area contributed by atoms with Gasteiger partial charge in [0.25, 0.3) is 10.0 Å². The van der Waals surface area contributed by atoms with Gasteiger partial charge in [0.05, 0.1) is 17.3 Å². The number of nitriles is 1. The minimum atomic E-state index is -3.67. The lowest BCUT2D eigenvalue weighted by atomic mass is 10.1. The first-order valence-electron chi connectivity index (χ1n) is 6.42. The highest BCUT2D eigenvalue weighted by Crippen LogP contribution is 2.30. The topological polar surface area (TPSA) is 82.3 Å². The van der Waals surface area contributed by atoms with E-state index in [0.29, 0.717) is 22.2 Å². The van der Waals surface area contributed by atoms with Gasteiger partial charge in [-0.05, 0) is 23.8 Å². The number of hydrogen-bond acceptors (Lipinski definition) is 5. The number of nitrogens with one attached hydrogen (secondary N) is 1. The highest BCUT2D eigenvalue weighted by Gasteiger charge is 2.24. The van der Waals surface area contributed by atoms with Crippen molar-refractivity contribution in [2.45, 2.75) is 10.6 Å². The second-order valence-electron chi connectivity index (χ2n) is 4.55. The van der Waals surface area contributed by atoms with Gasteiger partial charge in [-0.3, -0.25) is 0 Å². The van der Waals surface area contributed by atoms with E-state index in [9.17, 15) is 8.42 Å². The van der Waals surface area contributed by atoms with Gasteiger partial charge in [0.2, 0.25) is 0 Å². The van der Waals surface area contributed by atoms with Gasteiger partial charge in [0.1, 0.15) is 4.90 Å². The van der Waals surface area contributed by atoms with Crippen molar-refractivity contribution in [3.8, 4) is 6.07 Å². The largest absolute Gasteiger partial charge is 0.333 e. The van der Waals surface area contributed by atoms with Crippen LogP contribution in [-0.4, -0.2) is 13.6 Å². The molecule has 0 saturated carbocycles. The van der Waals surface area contributed by atoms with Gasteiger partial charge in [-0.1, -0.05) is 42.1 Å². The monoisotopic (exact) mass is 329 g/mol. The summed E-state index contributed by atoms with van der Waals surface area (Å²) >= 11 is 1.25. The summed E-state index contributed by atoms with van der Waals surface area (Å²) in [6.07, 6.45) is 0. The van der Waals surface area contributed by atoms with Crippen molar-refractivity contribution in [3.63, 3.8) is 0 Å². The van der Waals surface area contributed by atoms with Crippen molar-refractivity contribution in [2.24, 2.45) is 4.40 Å². The Morgan fingerprint density at radius 3 is 2.68 bits per heavy atom. The first-order chi connectivity index (χ1) is 10.6. The van der Waals surface area contributed by atoms with E-state index in [2.05, 4.69) is 15.8 Å². The molecular formula is C15H11N3O2S2. The summed E-state index contributed by atoms with van der Waals surface area (Å²) in [6, 6.07) is 16.0. The van der Waals surface area contributed by atoms with Crippen molar-refractivity contribution < 1.29 is 8.42 Å². The molecule has 0 saturated heterocycles. The Morgan fingerprint density at radius 1 is 1.14 bits per heavy atom. The van der Waals surface area contributed by atoms with Crippen molar-refractivity contribution in [1.82, 2.24) is 0 Å². The number of benzene rings is 2. The number of sulfonamides is 1. The predicted octanol–water partition coefficient (Wildman–Crippen LogP) is 2.96. The fourth-order valence-corrected chi connectivity index (χ4v) is 4.30. The molecule has 0 aromatic heterocycles. The average molecular weight is 329 g/mol. The van der Waals surface area contributed by atoms with E-state index in [1.54, 1.807) is 30.3 Å². The summed E-state index contributed by atoms with van der Waals surface area (Å²) in [5, 5.41) is 12.4. The highest BCUT2D eigenvalue weighted by atomic mass is 32.2. The number of thioether (sulfide) groups is 1. The van der Waals surface area contributed by atoms with E-state index in [0.717, 1.165) is 5.56 Å². The zero-order valence-corrected chi connectivity index (χ0v) is 13.0. The molecule has 1 heterocycles. The maximum Gasteiger partial charge on any atom is 0.286 e. The van der Waals surface area contributed by atoms with Gasteiger partial charge < -0.3 is 5.32 Å². The van der Waals surface area contributed by atoms with Crippen LogP contribution in [0.1, 0.15) is 11.1 Å². The van der Waals surface area contributed by atoms with Crippen LogP contribution in [0.4, 0.5) is 5.69 Å². The molecule has 1 N–H and O–H groups in total. The van der Waals surface area contributed by atoms with Gasteiger partial charge in [-0.2, -0.15) is 13.7 Å². The molecule has 0 atom stereocenters. The van der Waals surface area contributed by atoms with Crippen LogP contribution in [0.25, 0.3) is 0 Å². The van der Waals surface area contributed by atoms with Crippen molar-refractivity contribution in [2.75, 3.05) is 5.32 Å². The van der Waals surface area contributed by atoms with E-state index in [1.807, 2.05) is 12.1 Å². The average Bonchev–Trinajstić information content (AvgIpc) is 2.52. The number of nitrogens with zero attached hydrogens (tertiary/aromatic N) is 2. The standard InChI is InChI=1S/C15H11N3O2S2/c16-9-11-5-1-2-6-12(11)10-21-15-17-13-7-3-4-8-14(13)22(19,20)18-15/h1-8H,10H2,(H,17,18). The third-order valence-corrected chi connectivity index (χ3v) is 5.48. The molecule has 0 bridgehead atoms. The fourth-order valence-electron chi connectivity index (χ4n) is 2.05. The van der Waals surface area contributed by atoms with Crippen molar-refractivity contribution >= 4 is 32.6 Å². The quantitative estimate of drug-likeness (QED) is 0.916. The maximum absolute atomic E-state index is 12.1. The third kappa shape index (κ3) is 2.84. The summed E-state index contributed by atoms with van der Waals surface area (Å²) in [6.45, 7) is 0. The third-order valence-electron chi connectivity index (χ3n) is 3.11. The second kappa shape index (κ2) is 5.83. The van der Waals surface area contributed by atoms with E-state index < -0.39 is 10.0 Å². The molecule has 1 aliphatic heterocycles. The number of rotatable bonds is 2. The predicted molar refractivity (Wildman–Crippen MR) is 87.1 cm³/mol. The summed E-state index contributed by atoms with van der Waals surface area (Å²) in [4.78, 5) is 0.178. The van der Waals surface area contributed by atoms with E-state index >= 15 is 0 Å². The van der Waals surface area contributed by atoms with E-state index in [1.165, 1.54) is 17.8 Å². The smallest absolute Gasteiger partial charge is 0.286 e. The minimum absolute atomic E-state index is 0.178. The zero-order valence-electron chi connectivity index (χ0n) is 11.4. The molecule has 110 valence electrons. The van der Waals surface area contributed by atoms with Crippen LogP contribution in [0.2, 0.25) is 0 Å².